The SMILES string of the molecule is Cc1ncc([N+](=O)[O-])n1N(CCCCCN)n1c([N+](=O)[O-])cnc1C. The number of aryl methyl sites for hydroxylation is 2. The minimum absolute atomic E-state index is 0.279. The molecule has 136 valence electrons. The fourth-order valence-electron chi connectivity index (χ4n) is 2.54. The Morgan fingerprint density at radius 1 is 1.00 bits per heavy atom. The molecule has 2 rings (SSSR count). The first-order valence-electron chi connectivity index (χ1n) is 7.74. The summed E-state index contributed by atoms with van der Waals surface area (Å²) in [6.45, 7) is 4.03. The van der Waals surface area contributed by atoms with Crippen molar-refractivity contribution in [1.82, 2.24) is 19.3 Å². The van der Waals surface area contributed by atoms with Crippen LogP contribution >= 0.6 is 0 Å². The van der Waals surface area contributed by atoms with Gasteiger partial charge in [-0.2, -0.15) is 0 Å². The molecule has 0 radical (unpaired) electrons. The van der Waals surface area contributed by atoms with Crippen LogP contribution in [0.5, 0.6) is 0 Å². The summed E-state index contributed by atoms with van der Waals surface area (Å²) in [7, 11) is 0. The standard InChI is InChI=1S/C13H20N8O4/c1-10-15-8-12(20(22)23)18(10)17(7-5-3-4-6-14)19-11(2)16-9-13(19)21(24)25/h8-9H,3-7,14H2,1-2H3. The van der Waals surface area contributed by atoms with Crippen molar-refractivity contribution in [3.8, 4) is 0 Å². The van der Waals surface area contributed by atoms with E-state index < -0.39 is 9.85 Å². The van der Waals surface area contributed by atoms with Crippen LogP contribution in [0.15, 0.2) is 12.4 Å². The molecule has 0 atom stereocenters. The van der Waals surface area contributed by atoms with Gasteiger partial charge >= 0.3 is 11.6 Å². The second-order valence-electron chi connectivity index (χ2n) is 5.41. The highest BCUT2D eigenvalue weighted by atomic mass is 16.6. The maximum absolute atomic E-state index is 11.3. The minimum Gasteiger partial charge on any atom is -0.358 e. The third-order valence-electron chi connectivity index (χ3n) is 3.68. The quantitative estimate of drug-likeness (QED) is 0.399. The summed E-state index contributed by atoms with van der Waals surface area (Å²) in [4.78, 5) is 29.5. The van der Waals surface area contributed by atoms with Crippen molar-refractivity contribution in [3.63, 3.8) is 0 Å². The van der Waals surface area contributed by atoms with E-state index in [4.69, 9.17) is 5.73 Å². The lowest BCUT2D eigenvalue weighted by atomic mass is 10.2. The van der Waals surface area contributed by atoms with E-state index in [1.165, 1.54) is 14.5 Å². The third kappa shape index (κ3) is 3.74. The minimum atomic E-state index is -0.578. The van der Waals surface area contributed by atoms with E-state index in [0.717, 1.165) is 25.2 Å². The molecule has 0 saturated carbocycles. The summed E-state index contributed by atoms with van der Waals surface area (Å²) in [5.74, 6) is 0.123. The number of aromatic nitrogens is 4. The lowest BCUT2D eigenvalue weighted by Gasteiger charge is -2.19. The molecule has 0 saturated heterocycles. The molecule has 2 aromatic rings. The number of hydrogen-bond acceptors (Lipinski definition) is 8. The molecule has 0 aliphatic heterocycles. The van der Waals surface area contributed by atoms with Crippen LogP contribution in [-0.2, 0) is 0 Å². The van der Waals surface area contributed by atoms with Crippen molar-refractivity contribution in [2.24, 2.45) is 5.73 Å². The molecule has 12 heteroatoms. The van der Waals surface area contributed by atoms with Gasteiger partial charge in [0.05, 0.1) is 6.54 Å². The zero-order valence-electron chi connectivity index (χ0n) is 14.0. The first-order valence-corrected chi connectivity index (χ1v) is 7.74. The second-order valence-corrected chi connectivity index (χ2v) is 5.41. The first-order chi connectivity index (χ1) is 11.9. The number of unbranched alkanes of at least 4 members (excludes halogenated alkanes) is 2. The van der Waals surface area contributed by atoms with Crippen LogP contribution in [0, 0.1) is 34.1 Å². The molecule has 0 amide bonds. The van der Waals surface area contributed by atoms with E-state index >= 15 is 0 Å². The zero-order chi connectivity index (χ0) is 18.6. The number of nitrogens with zero attached hydrogens (tertiary/aromatic N) is 7. The van der Waals surface area contributed by atoms with Gasteiger partial charge in [-0.3, -0.25) is 0 Å². The lowest BCUT2D eigenvalue weighted by molar-refractivity contribution is -0.395. The van der Waals surface area contributed by atoms with E-state index in [9.17, 15) is 20.2 Å². The Kier molecular flexibility index (Phi) is 5.64. The summed E-state index contributed by atoms with van der Waals surface area (Å²) in [5.41, 5.74) is 5.49. The smallest absolute Gasteiger partial charge is 0.358 e. The number of imidazole rings is 2. The van der Waals surface area contributed by atoms with Gasteiger partial charge in [0.2, 0.25) is 11.6 Å². The Bertz CT molecular complexity index is 710. The number of rotatable bonds is 9. The highest BCUT2D eigenvalue weighted by molar-refractivity contribution is 5.27. The second kappa shape index (κ2) is 7.70. The maximum Gasteiger partial charge on any atom is 0.369 e. The van der Waals surface area contributed by atoms with E-state index in [2.05, 4.69) is 9.97 Å². The Morgan fingerprint density at radius 3 is 1.88 bits per heavy atom. The monoisotopic (exact) mass is 352 g/mol. The van der Waals surface area contributed by atoms with Crippen molar-refractivity contribution in [2.45, 2.75) is 33.1 Å². The van der Waals surface area contributed by atoms with Crippen LogP contribution in [0.1, 0.15) is 30.9 Å². The van der Waals surface area contributed by atoms with Crippen LogP contribution in [0.25, 0.3) is 0 Å². The van der Waals surface area contributed by atoms with E-state index in [0.29, 0.717) is 31.2 Å². The Balaban J connectivity index is 2.52. The Morgan fingerprint density at radius 2 is 1.48 bits per heavy atom. The van der Waals surface area contributed by atoms with Crippen molar-refractivity contribution >= 4 is 11.6 Å². The Labute approximate surface area is 143 Å². The summed E-state index contributed by atoms with van der Waals surface area (Å²) >= 11 is 0. The molecule has 0 bridgehead atoms. The number of nitrogens with two attached hydrogens (primary N) is 1. The topological polar surface area (TPSA) is 151 Å². The van der Waals surface area contributed by atoms with Crippen LogP contribution in [0.2, 0.25) is 0 Å². The van der Waals surface area contributed by atoms with E-state index in [1.807, 2.05) is 0 Å². The van der Waals surface area contributed by atoms with Gasteiger partial charge in [0.25, 0.3) is 0 Å². The lowest BCUT2D eigenvalue weighted by Crippen LogP contribution is -2.42. The fourth-order valence-corrected chi connectivity index (χ4v) is 2.54. The largest absolute Gasteiger partial charge is 0.369 e. The molecule has 12 nitrogen and oxygen atoms in total. The first kappa shape index (κ1) is 18.3. The van der Waals surface area contributed by atoms with Gasteiger partial charge < -0.3 is 26.0 Å². The predicted molar refractivity (Wildman–Crippen MR) is 88.6 cm³/mol. The molecule has 0 unspecified atom stereocenters. The molecule has 2 heterocycles. The van der Waals surface area contributed by atoms with Crippen molar-refractivity contribution in [3.05, 3.63) is 44.3 Å². The normalized spacial score (nSPS) is 10.8. The number of hydrogen-bond donors (Lipinski definition) is 1. The molecule has 25 heavy (non-hydrogen) atoms. The molecule has 0 aromatic carbocycles. The molecule has 2 N–H and O–H groups in total. The van der Waals surface area contributed by atoms with Gasteiger partial charge in [-0.1, -0.05) is 20.9 Å². The van der Waals surface area contributed by atoms with Gasteiger partial charge in [-0.25, -0.2) is 9.97 Å². The highest BCUT2D eigenvalue weighted by Crippen LogP contribution is 2.21. The number of nitro groups is 2. The van der Waals surface area contributed by atoms with E-state index in [-0.39, 0.29) is 11.6 Å². The summed E-state index contributed by atoms with van der Waals surface area (Å²) in [6, 6.07) is 0. The van der Waals surface area contributed by atoms with Crippen LogP contribution < -0.4 is 10.9 Å². The maximum atomic E-state index is 11.3. The van der Waals surface area contributed by atoms with Crippen molar-refractivity contribution < 1.29 is 9.85 Å². The van der Waals surface area contributed by atoms with Gasteiger partial charge in [-0.05, 0) is 29.2 Å². The van der Waals surface area contributed by atoms with Gasteiger partial charge in [0.1, 0.15) is 12.4 Å². The molecule has 0 aliphatic rings. The van der Waals surface area contributed by atoms with Crippen LogP contribution in [0.4, 0.5) is 11.6 Å². The molecular formula is C13H20N8O4. The Hall–Kier alpha value is -3.02. The summed E-state index contributed by atoms with van der Waals surface area (Å²) in [6.07, 6.45) is 4.47. The molecule has 0 spiro atoms. The van der Waals surface area contributed by atoms with Gasteiger partial charge in [0, 0.05) is 13.8 Å². The van der Waals surface area contributed by atoms with Gasteiger partial charge in [-0.15, -0.1) is 0 Å². The molecular weight excluding hydrogens is 332 g/mol. The zero-order valence-corrected chi connectivity index (χ0v) is 14.0. The average molecular weight is 352 g/mol. The van der Waals surface area contributed by atoms with Crippen LogP contribution in [-0.4, -0.2) is 42.3 Å². The fraction of sp³-hybridized carbons (Fsp3) is 0.538. The van der Waals surface area contributed by atoms with E-state index in [1.54, 1.807) is 13.8 Å². The molecule has 0 fully saturated rings. The van der Waals surface area contributed by atoms with Gasteiger partial charge in [0.15, 0.2) is 0 Å². The summed E-state index contributed by atoms with van der Waals surface area (Å²) in [5, 5.41) is 24.1. The van der Waals surface area contributed by atoms with Crippen molar-refractivity contribution in [2.75, 3.05) is 18.2 Å². The average Bonchev–Trinajstić information content (AvgIpc) is 3.11. The predicted octanol–water partition coefficient (Wildman–Crippen LogP) is 1.04. The van der Waals surface area contributed by atoms with Crippen molar-refractivity contribution in [1.29, 1.82) is 0 Å². The van der Waals surface area contributed by atoms with Crippen LogP contribution in [0.3, 0.4) is 0 Å². The third-order valence-corrected chi connectivity index (χ3v) is 3.68. The molecule has 0 aliphatic carbocycles. The molecule has 2 aromatic heterocycles. The highest BCUT2D eigenvalue weighted by Gasteiger charge is 2.33. The summed E-state index contributed by atoms with van der Waals surface area (Å²) < 4.78 is 2.51.